The van der Waals surface area contributed by atoms with Gasteiger partial charge in [0.2, 0.25) is 0 Å². The molecule has 0 aliphatic carbocycles. The normalized spacial score (nSPS) is 11.3. The second-order valence-electron chi connectivity index (χ2n) is 7.84. The van der Waals surface area contributed by atoms with Crippen LogP contribution in [0.1, 0.15) is 129 Å². The third kappa shape index (κ3) is 23.9. The zero-order valence-electron chi connectivity index (χ0n) is 17.5. The van der Waals surface area contributed by atoms with E-state index in [1.54, 1.807) is 0 Å². The van der Waals surface area contributed by atoms with Crippen molar-refractivity contribution in [3.05, 3.63) is 0 Å². The Bertz CT molecular complexity index is 198. The third-order valence-electron chi connectivity index (χ3n) is 5.22. The highest BCUT2D eigenvalue weighted by Gasteiger charge is 1.95. The minimum atomic E-state index is 0.371. The van der Waals surface area contributed by atoms with Crippen LogP contribution in [-0.4, -0.2) is 24.8 Å². The summed E-state index contributed by atoms with van der Waals surface area (Å²) in [4.78, 5) is 0. The van der Waals surface area contributed by atoms with Crippen molar-refractivity contribution in [2.75, 3.05) is 19.7 Å². The van der Waals surface area contributed by atoms with E-state index in [1.165, 1.54) is 129 Å². The molecule has 0 saturated heterocycles. The molecule has 152 valence electrons. The molecule has 0 aliphatic heterocycles. The van der Waals surface area contributed by atoms with Crippen LogP contribution in [0.15, 0.2) is 0 Å². The van der Waals surface area contributed by atoms with Gasteiger partial charge in [-0.1, -0.05) is 110 Å². The molecule has 0 rings (SSSR count). The van der Waals surface area contributed by atoms with Gasteiger partial charge >= 0.3 is 0 Å². The zero-order valence-corrected chi connectivity index (χ0v) is 17.5. The molecular weight excluding hydrogens is 306 g/mol. The number of hydrogen-bond donors (Lipinski definition) is 2. The summed E-state index contributed by atoms with van der Waals surface area (Å²) >= 11 is 0. The standard InChI is InChI=1S/C23H49NO/c1-2-3-18-21-24-22-19-16-14-12-10-8-6-4-5-7-9-11-13-15-17-20-23-25/h24-25H,2-23H2,1H3. The van der Waals surface area contributed by atoms with Crippen LogP contribution in [0.4, 0.5) is 0 Å². The Morgan fingerprint density at radius 3 is 1.12 bits per heavy atom. The number of aliphatic hydroxyl groups is 1. The van der Waals surface area contributed by atoms with Gasteiger partial charge in [0.15, 0.2) is 0 Å². The topological polar surface area (TPSA) is 32.3 Å². The van der Waals surface area contributed by atoms with Gasteiger partial charge in [0, 0.05) is 6.61 Å². The van der Waals surface area contributed by atoms with Crippen LogP contribution in [0.25, 0.3) is 0 Å². The zero-order chi connectivity index (χ0) is 18.3. The predicted octanol–water partition coefficient (Wildman–Crippen LogP) is 7.00. The molecule has 2 nitrogen and oxygen atoms in total. The number of unbranched alkanes of at least 4 members (excludes halogenated alkanes) is 17. The van der Waals surface area contributed by atoms with Crippen molar-refractivity contribution >= 4 is 0 Å². The molecule has 0 atom stereocenters. The van der Waals surface area contributed by atoms with E-state index in [0.717, 1.165) is 6.42 Å². The SMILES string of the molecule is CCCCCNCCCCCCCCCCCCCCCCCCO. The van der Waals surface area contributed by atoms with Gasteiger partial charge in [-0.15, -0.1) is 0 Å². The first-order valence-corrected chi connectivity index (χ1v) is 11.7. The van der Waals surface area contributed by atoms with E-state index < -0.39 is 0 Å². The second kappa shape index (κ2) is 23.9. The molecule has 0 aromatic heterocycles. The average Bonchev–Trinajstić information content (AvgIpc) is 2.63. The average molecular weight is 356 g/mol. The molecule has 2 N–H and O–H groups in total. The third-order valence-corrected chi connectivity index (χ3v) is 5.22. The molecule has 0 saturated carbocycles. The van der Waals surface area contributed by atoms with Crippen molar-refractivity contribution in [1.82, 2.24) is 5.32 Å². The van der Waals surface area contributed by atoms with Gasteiger partial charge in [-0.2, -0.15) is 0 Å². The first-order chi connectivity index (χ1) is 12.4. The van der Waals surface area contributed by atoms with Crippen molar-refractivity contribution in [2.45, 2.75) is 129 Å². The summed E-state index contributed by atoms with van der Waals surface area (Å²) in [7, 11) is 0. The highest BCUT2D eigenvalue weighted by atomic mass is 16.2. The fraction of sp³-hybridized carbons (Fsp3) is 1.00. The molecule has 0 aromatic carbocycles. The van der Waals surface area contributed by atoms with Gasteiger partial charge in [0.25, 0.3) is 0 Å². The van der Waals surface area contributed by atoms with Crippen LogP contribution in [0.5, 0.6) is 0 Å². The summed E-state index contributed by atoms with van der Waals surface area (Å²) in [6.45, 7) is 5.09. The minimum absolute atomic E-state index is 0.371. The van der Waals surface area contributed by atoms with Crippen LogP contribution in [-0.2, 0) is 0 Å². The van der Waals surface area contributed by atoms with Gasteiger partial charge in [0.05, 0.1) is 0 Å². The highest BCUT2D eigenvalue weighted by molar-refractivity contribution is 4.52. The molecule has 0 spiro atoms. The van der Waals surface area contributed by atoms with E-state index >= 15 is 0 Å². The molecule has 0 bridgehead atoms. The highest BCUT2D eigenvalue weighted by Crippen LogP contribution is 2.13. The maximum Gasteiger partial charge on any atom is 0.0431 e. The Kier molecular flexibility index (Phi) is 23.8. The monoisotopic (exact) mass is 355 g/mol. The number of hydrogen-bond acceptors (Lipinski definition) is 2. The van der Waals surface area contributed by atoms with Crippen LogP contribution in [0.3, 0.4) is 0 Å². The quantitative estimate of drug-likeness (QED) is 0.205. The lowest BCUT2D eigenvalue weighted by Crippen LogP contribution is -2.16. The smallest absolute Gasteiger partial charge is 0.0431 e. The minimum Gasteiger partial charge on any atom is -0.396 e. The molecule has 0 fully saturated rings. The summed E-state index contributed by atoms with van der Waals surface area (Å²) in [5, 5.41) is 12.3. The molecule has 0 heterocycles. The Hall–Kier alpha value is -0.0800. The second-order valence-corrected chi connectivity index (χ2v) is 7.84. The van der Waals surface area contributed by atoms with Gasteiger partial charge in [-0.05, 0) is 32.4 Å². The molecular formula is C23H49NO. The van der Waals surface area contributed by atoms with Gasteiger partial charge in [-0.3, -0.25) is 0 Å². The van der Waals surface area contributed by atoms with Gasteiger partial charge in [0.1, 0.15) is 0 Å². The maximum absolute atomic E-state index is 8.72. The summed E-state index contributed by atoms with van der Waals surface area (Å²) in [6.07, 6.45) is 26.1. The van der Waals surface area contributed by atoms with Crippen molar-refractivity contribution in [3.63, 3.8) is 0 Å². The number of nitrogens with one attached hydrogen (secondary N) is 1. The molecule has 0 aliphatic rings. The molecule has 25 heavy (non-hydrogen) atoms. The summed E-state index contributed by atoms with van der Waals surface area (Å²) in [6, 6.07) is 0. The Morgan fingerprint density at radius 2 is 0.760 bits per heavy atom. The van der Waals surface area contributed by atoms with Crippen LogP contribution < -0.4 is 5.32 Å². The molecule has 0 aromatic rings. The maximum atomic E-state index is 8.72. The molecule has 0 radical (unpaired) electrons. The lowest BCUT2D eigenvalue weighted by atomic mass is 10.0. The van der Waals surface area contributed by atoms with E-state index in [0.29, 0.717) is 6.61 Å². The first-order valence-electron chi connectivity index (χ1n) is 11.7. The van der Waals surface area contributed by atoms with Crippen molar-refractivity contribution in [3.8, 4) is 0 Å². The Morgan fingerprint density at radius 1 is 0.440 bits per heavy atom. The summed E-state index contributed by atoms with van der Waals surface area (Å²) in [5.41, 5.74) is 0. The number of aliphatic hydroxyl groups excluding tert-OH is 1. The predicted molar refractivity (Wildman–Crippen MR) is 113 cm³/mol. The molecule has 2 heteroatoms. The van der Waals surface area contributed by atoms with Crippen molar-refractivity contribution < 1.29 is 5.11 Å². The molecule has 0 unspecified atom stereocenters. The summed E-state index contributed by atoms with van der Waals surface area (Å²) in [5.74, 6) is 0. The van der Waals surface area contributed by atoms with E-state index in [1.807, 2.05) is 0 Å². The van der Waals surface area contributed by atoms with E-state index in [2.05, 4.69) is 12.2 Å². The Labute approximate surface area is 159 Å². The Balaban J connectivity index is 2.94. The van der Waals surface area contributed by atoms with E-state index in [9.17, 15) is 0 Å². The van der Waals surface area contributed by atoms with Gasteiger partial charge < -0.3 is 10.4 Å². The van der Waals surface area contributed by atoms with Crippen LogP contribution in [0, 0.1) is 0 Å². The first kappa shape index (κ1) is 24.9. The largest absolute Gasteiger partial charge is 0.396 e. The number of rotatable bonds is 22. The fourth-order valence-electron chi connectivity index (χ4n) is 3.46. The fourth-order valence-corrected chi connectivity index (χ4v) is 3.46. The van der Waals surface area contributed by atoms with Crippen molar-refractivity contribution in [2.24, 2.45) is 0 Å². The van der Waals surface area contributed by atoms with E-state index in [4.69, 9.17) is 5.11 Å². The lowest BCUT2D eigenvalue weighted by Gasteiger charge is -2.05. The van der Waals surface area contributed by atoms with Crippen LogP contribution in [0.2, 0.25) is 0 Å². The summed E-state index contributed by atoms with van der Waals surface area (Å²) < 4.78 is 0. The lowest BCUT2D eigenvalue weighted by molar-refractivity contribution is 0.282. The van der Waals surface area contributed by atoms with Crippen molar-refractivity contribution in [1.29, 1.82) is 0 Å². The van der Waals surface area contributed by atoms with Gasteiger partial charge in [-0.25, -0.2) is 0 Å². The van der Waals surface area contributed by atoms with E-state index in [-0.39, 0.29) is 0 Å². The molecule has 0 amide bonds. The van der Waals surface area contributed by atoms with Crippen LogP contribution >= 0.6 is 0 Å².